The minimum atomic E-state index is -0.502. The third-order valence-corrected chi connectivity index (χ3v) is 2.96. The normalized spacial score (nSPS) is 12.7. The zero-order chi connectivity index (χ0) is 13.1. The first-order chi connectivity index (χ1) is 8.63. The molecule has 0 radical (unpaired) electrons. The van der Waals surface area contributed by atoms with E-state index in [4.69, 9.17) is 15.0 Å². The van der Waals surface area contributed by atoms with Crippen LogP contribution in [0.15, 0.2) is 27.2 Å². The lowest BCUT2D eigenvalue weighted by Crippen LogP contribution is -2.17. The first-order valence-electron chi connectivity index (χ1n) is 5.16. The van der Waals surface area contributed by atoms with Gasteiger partial charge >= 0.3 is 0 Å². The van der Waals surface area contributed by atoms with Gasteiger partial charge in [-0.25, -0.2) is 4.39 Å². The molecule has 1 aromatic heterocycles. The summed E-state index contributed by atoms with van der Waals surface area (Å²) in [7, 11) is 1.52. The van der Waals surface area contributed by atoms with E-state index in [1.54, 1.807) is 12.1 Å². The molecule has 0 aliphatic heterocycles. The summed E-state index contributed by atoms with van der Waals surface area (Å²) >= 11 is 3.24. The third kappa shape index (κ3) is 2.58. The van der Waals surface area contributed by atoms with Crippen molar-refractivity contribution in [2.45, 2.75) is 6.04 Å². The Morgan fingerprint density at radius 2 is 2.33 bits per heavy atom. The van der Waals surface area contributed by atoms with Crippen LogP contribution in [0.25, 0.3) is 11.5 Å². The topological polar surface area (TPSA) is 74.2 Å². The molecule has 0 spiro atoms. The SMILES string of the molecule is COCC(N)c1noc(-c2c(F)cccc2Br)n1. The van der Waals surface area contributed by atoms with Crippen LogP contribution in [0.2, 0.25) is 0 Å². The molecular weight excluding hydrogens is 305 g/mol. The van der Waals surface area contributed by atoms with Crippen LogP contribution in [0.1, 0.15) is 11.9 Å². The maximum atomic E-state index is 13.7. The Balaban J connectivity index is 2.35. The van der Waals surface area contributed by atoms with Gasteiger partial charge in [-0.3, -0.25) is 0 Å². The molecule has 1 atom stereocenters. The van der Waals surface area contributed by atoms with E-state index in [2.05, 4.69) is 26.1 Å². The van der Waals surface area contributed by atoms with Gasteiger partial charge in [-0.1, -0.05) is 11.2 Å². The van der Waals surface area contributed by atoms with Gasteiger partial charge in [-0.05, 0) is 28.1 Å². The molecule has 1 heterocycles. The van der Waals surface area contributed by atoms with Crippen molar-refractivity contribution in [1.29, 1.82) is 0 Å². The highest BCUT2D eigenvalue weighted by Crippen LogP contribution is 2.29. The maximum Gasteiger partial charge on any atom is 0.262 e. The maximum absolute atomic E-state index is 13.7. The molecule has 2 rings (SSSR count). The standard InChI is InChI=1S/C11H11BrFN3O2/c1-17-5-8(14)10-15-11(18-16-10)9-6(12)3-2-4-7(9)13/h2-4,8H,5,14H2,1H3. The summed E-state index contributed by atoms with van der Waals surface area (Å²) in [6.07, 6.45) is 0. The van der Waals surface area contributed by atoms with Crippen LogP contribution in [0, 0.1) is 5.82 Å². The lowest BCUT2D eigenvalue weighted by atomic mass is 10.2. The van der Waals surface area contributed by atoms with Crippen LogP contribution in [0.3, 0.4) is 0 Å². The molecular formula is C11H11BrFN3O2. The van der Waals surface area contributed by atoms with Gasteiger partial charge in [0.05, 0.1) is 18.2 Å². The molecule has 5 nitrogen and oxygen atoms in total. The summed E-state index contributed by atoms with van der Waals surface area (Å²) in [5.41, 5.74) is 5.98. The molecule has 0 bridgehead atoms. The van der Waals surface area contributed by atoms with E-state index in [1.165, 1.54) is 13.2 Å². The van der Waals surface area contributed by atoms with Gasteiger partial charge in [-0.15, -0.1) is 0 Å². The fourth-order valence-electron chi connectivity index (χ4n) is 1.44. The van der Waals surface area contributed by atoms with Crippen molar-refractivity contribution in [3.63, 3.8) is 0 Å². The minimum absolute atomic E-state index is 0.0847. The summed E-state index contributed by atoms with van der Waals surface area (Å²) in [6, 6.07) is 4.09. The number of ether oxygens (including phenoxy) is 1. The number of benzene rings is 1. The van der Waals surface area contributed by atoms with Crippen molar-refractivity contribution in [1.82, 2.24) is 10.1 Å². The van der Waals surface area contributed by atoms with Crippen molar-refractivity contribution in [2.75, 3.05) is 13.7 Å². The highest BCUT2D eigenvalue weighted by atomic mass is 79.9. The molecule has 1 aromatic carbocycles. The Morgan fingerprint density at radius 1 is 1.56 bits per heavy atom. The lowest BCUT2D eigenvalue weighted by Gasteiger charge is -2.03. The second-order valence-corrected chi connectivity index (χ2v) is 4.47. The summed E-state index contributed by atoms with van der Waals surface area (Å²) in [6.45, 7) is 0.261. The van der Waals surface area contributed by atoms with Crippen molar-refractivity contribution in [3.8, 4) is 11.5 Å². The van der Waals surface area contributed by atoms with E-state index < -0.39 is 11.9 Å². The van der Waals surface area contributed by atoms with E-state index in [0.29, 0.717) is 4.47 Å². The number of nitrogens with zero attached hydrogens (tertiary/aromatic N) is 2. The van der Waals surface area contributed by atoms with E-state index in [-0.39, 0.29) is 23.9 Å². The number of halogens is 2. The van der Waals surface area contributed by atoms with Gasteiger partial charge in [0, 0.05) is 11.6 Å². The molecule has 2 N–H and O–H groups in total. The molecule has 1 unspecified atom stereocenters. The molecule has 18 heavy (non-hydrogen) atoms. The number of aromatic nitrogens is 2. The van der Waals surface area contributed by atoms with Crippen molar-refractivity contribution < 1.29 is 13.7 Å². The average Bonchev–Trinajstić information content (AvgIpc) is 2.78. The van der Waals surface area contributed by atoms with Gasteiger partial charge in [-0.2, -0.15) is 4.98 Å². The molecule has 0 saturated heterocycles. The molecule has 0 amide bonds. The van der Waals surface area contributed by atoms with Crippen molar-refractivity contribution >= 4 is 15.9 Å². The second-order valence-electron chi connectivity index (χ2n) is 3.62. The van der Waals surface area contributed by atoms with E-state index in [0.717, 1.165) is 0 Å². The fraction of sp³-hybridized carbons (Fsp3) is 0.273. The number of rotatable bonds is 4. The molecule has 7 heteroatoms. The Labute approximate surface area is 111 Å². The first-order valence-corrected chi connectivity index (χ1v) is 5.95. The summed E-state index contributed by atoms with van der Waals surface area (Å²) in [5.74, 6) is -0.0802. The quantitative estimate of drug-likeness (QED) is 0.937. The Bertz CT molecular complexity index is 527. The Hall–Kier alpha value is -1.31. The molecule has 0 fully saturated rings. The predicted molar refractivity (Wildman–Crippen MR) is 66.2 cm³/mol. The van der Waals surface area contributed by atoms with Crippen molar-refractivity contribution in [2.24, 2.45) is 5.73 Å². The van der Waals surface area contributed by atoms with Gasteiger partial charge in [0.25, 0.3) is 5.89 Å². The smallest absolute Gasteiger partial charge is 0.262 e. The van der Waals surface area contributed by atoms with Crippen molar-refractivity contribution in [3.05, 3.63) is 34.3 Å². The Kier molecular flexibility index (Phi) is 4.05. The van der Waals surface area contributed by atoms with Crippen LogP contribution < -0.4 is 5.73 Å². The zero-order valence-electron chi connectivity index (χ0n) is 9.56. The average molecular weight is 316 g/mol. The van der Waals surface area contributed by atoms with Gasteiger partial charge in [0.2, 0.25) is 0 Å². The third-order valence-electron chi connectivity index (χ3n) is 2.30. The van der Waals surface area contributed by atoms with E-state index >= 15 is 0 Å². The molecule has 96 valence electrons. The summed E-state index contributed by atoms with van der Waals surface area (Å²) in [5, 5.41) is 3.71. The van der Waals surface area contributed by atoms with Gasteiger partial charge < -0.3 is 15.0 Å². The Morgan fingerprint density at radius 3 is 3.00 bits per heavy atom. The first kappa shape index (κ1) is 13.1. The van der Waals surface area contributed by atoms with Gasteiger partial charge in [0.15, 0.2) is 5.82 Å². The highest BCUT2D eigenvalue weighted by Gasteiger charge is 2.19. The second kappa shape index (κ2) is 5.55. The molecule has 2 aromatic rings. The van der Waals surface area contributed by atoms with E-state index in [1.807, 2.05) is 0 Å². The van der Waals surface area contributed by atoms with Gasteiger partial charge in [0.1, 0.15) is 5.82 Å². The van der Waals surface area contributed by atoms with Crippen LogP contribution in [-0.2, 0) is 4.74 Å². The molecule has 0 saturated carbocycles. The van der Waals surface area contributed by atoms with Crippen LogP contribution in [-0.4, -0.2) is 23.9 Å². The monoisotopic (exact) mass is 315 g/mol. The lowest BCUT2D eigenvalue weighted by molar-refractivity contribution is 0.177. The summed E-state index contributed by atoms with van der Waals surface area (Å²) < 4.78 is 24.1. The molecule has 0 aliphatic rings. The zero-order valence-corrected chi connectivity index (χ0v) is 11.1. The van der Waals surface area contributed by atoms with Crippen LogP contribution in [0.4, 0.5) is 4.39 Å². The predicted octanol–water partition coefficient (Wildman–Crippen LogP) is 2.28. The van der Waals surface area contributed by atoms with Crippen LogP contribution in [0.5, 0.6) is 0 Å². The number of hydrogen-bond acceptors (Lipinski definition) is 5. The number of methoxy groups -OCH3 is 1. The largest absolute Gasteiger partial charge is 0.383 e. The van der Waals surface area contributed by atoms with E-state index in [9.17, 15) is 4.39 Å². The number of hydrogen-bond donors (Lipinski definition) is 1. The highest BCUT2D eigenvalue weighted by molar-refractivity contribution is 9.10. The van der Waals surface area contributed by atoms with Crippen LogP contribution >= 0.6 is 15.9 Å². The minimum Gasteiger partial charge on any atom is -0.383 e. The fourth-order valence-corrected chi connectivity index (χ4v) is 1.95. The number of nitrogens with two attached hydrogens (primary N) is 1. The summed E-state index contributed by atoms with van der Waals surface area (Å²) in [4.78, 5) is 4.07. The molecule has 0 aliphatic carbocycles.